The lowest BCUT2D eigenvalue weighted by Gasteiger charge is -2.01. The average molecular weight is 227 g/mol. The van der Waals surface area contributed by atoms with E-state index in [9.17, 15) is 4.79 Å². The molecule has 0 spiro atoms. The minimum absolute atomic E-state index is 0.601. The molecule has 0 heterocycles. The summed E-state index contributed by atoms with van der Waals surface area (Å²) in [6.45, 7) is 1.77. The zero-order chi connectivity index (χ0) is 11.3. The third-order valence-corrected chi connectivity index (χ3v) is 1.98. The molecule has 1 aromatic rings. The van der Waals surface area contributed by atoms with Crippen LogP contribution in [-0.2, 0) is 4.74 Å². The Balaban J connectivity index is 2.75. The smallest absolute Gasteiger partial charge is 0.427 e. The second-order valence-electron chi connectivity index (χ2n) is 2.81. The average Bonchev–Trinajstić information content (AvgIpc) is 2.25. The van der Waals surface area contributed by atoms with Crippen LogP contribution in [0.25, 0.3) is 0 Å². The maximum absolute atomic E-state index is 10.7. The van der Waals surface area contributed by atoms with Gasteiger partial charge in [-0.1, -0.05) is 23.7 Å². The third-order valence-electron chi connectivity index (χ3n) is 1.74. The summed E-state index contributed by atoms with van der Waals surface area (Å²) in [5.74, 6) is 0. The van der Waals surface area contributed by atoms with Gasteiger partial charge in [-0.3, -0.25) is 0 Å². The van der Waals surface area contributed by atoms with Gasteiger partial charge in [0.15, 0.2) is 0 Å². The molecule has 0 aliphatic heterocycles. The quantitative estimate of drug-likeness (QED) is 0.622. The predicted molar refractivity (Wildman–Crippen MR) is 59.2 cm³/mol. The molecule has 0 saturated carbocycles. The van der Waals surface area contributed by atoms with E-state index < -0.39 is 6.09 Å². The lowest BCUT2D eigenvalue weighted by atomic mass is 10.1. The van der Waals surface area contributed by atoms with Gasteiger partial charge in [-0.15, -0.1) is 0 Å². The number of carbonyl (C=O) groups is 1. The molecule has 15 heavy (non-hydrogen) atoms. The number of nitrogens with zero attached hydrogens (tertiary/aromatic N) is 1. The van der Waals surface area contributed by atoms with Crippen molar-refractivity contribution in [1.29, 1.82) is 0 Å². The van der Waals surface area contributed by atoms with Crippen LogP contribution in [0, 0.1) is 0 Å². The number of rotatable bonds is 2. The number of halogens is 1. The van der Waals surface area contributed by atoms with Gasteiger partial charge in [0.05, 0.1) is 12.8 Å². The molecule has 1 rings (SSSR count). The fourth-order valence-electron chi connectivity index (χ4n) is 0.953. The van der Waals surface area contributed by atoms with Crippen molar-refractivity contribution in [3.63, 3.8) is 0 Å². The molecule has 0 atom stereocenters. The molecule has 80 valence electrons. The highest BCUT2D eigenvalue weighted by molar-refractivity contribution is 6.31. The first kappa shape index (κ1) is 11.5. The second kappa shape index (κ2) is 5.36. The standard InChI is InChI=1S/C10H11ClN2O2/c1-7(12-13-10(14)15-2)8-4-3-5-9(11)6-8/h3-6H,1-2H3,(H,13,14)/b12-7-. The maximum atomic E-state index is 10.7. The Labute approximate surface area is 92.9 Å². The summed E-state index contributed by atoms with van der Waals surface area (Å²) in [6, 6.07) is 7.20. The number of nitrogens with one attached hydrogen (secondary N) is 1. The monoisotopic (exact) mass is 226 g/mol. The third kappa shape index (κ3) is 3.59. The van der Waals surface area contributed by atoms with E-state index in [4.69, 9.17) is 11.6 Å². The van der Waals surface area contributed by atoms with Gasteiger partial charge in [-0.2, -0.15) is 5.10 Å². The van der Waals surface area contributed by atoms with Gasteiger partial charge in [0.25, 0.3) is 0 Å². The molecule has 0 bridgehead atoms. The van der Waals surface area contributed by atoms with Crippen molar-refractivity contribution in [2.75, 3.05) is 7.11 Å². The normalized spacial score (nSPS) is 11.0. The van der Waals surface area contributed by atoms with Gasteiger partial charge >= 0.3 is 6.09 Å². The van der Waals surface area contributed by atoms with Crippen LogP contribution in [0.1, 0.15) is 12.5 Å². The summed E-state index contributed by atoms with van der Waals surface area (Å²) >= 11 is 5.81. The molecule has 5 heteroatoms. The second-order valence-corrected chi connectivity index (χ2v) is 3.25. The van der Waals surface area contributed by atoms with E-state index in [2.05, 4.69) is 15.3 Å². The van der Waals surface area contributed by atoms with Crippen LogP contribution >= 0.6 is 11.6 Å². The highest BCUT2D eigenvalue weighted by Gasteiger charge is 2.00. The van der Waals surface area contributed by atoms with Crippen molar-refractivity contribution in [3.05, 3.63) is 34.9 Å². The summed E-state index contributed by atoms with van der Waals surface area (Å²) in [4.78, 5) is 10.7. The molecule has 1 amide bonds. The first-order valence-electron chi connectivity index (χ1n) is 4.27. The summed E-state index contributed by atoms with van der Waals surface area (Å²) in [7, 11) is 1.28. The van der Waals surface area contributed by atoms with E-state index in [-0.39, 0.29) is 0 Å². The highest BCUT2D eigenvalue weighted by Crippen LogP contribution is 2.11. The molecule has 0 unspecified atom stereocenters. The van der Waals surface area contributed by atoms with Crippen molar-refractivity contribution in [1.82, 2.24) is 5.43 Å². The van der Waals surface area contributed by atoms with E-state index in [1.165, 1.54) is 7.11 Å². The first-order valence-corrected chi connectivity index (χ1v) is 4.65. The zero-order valence-corrected chi connectivity index (χ0v) is 9.21. The van der Waals surface area contributed by atoms with Crippen LogP contribution in [-0.4, -0.2) is 18.9 Å². The number of ether oxygens (including phenoxy) is 1. The van der Waals surface area contributed by atoms with Crippen LogP contribution in [0.2, 0.25) is 5.02 Å². The highest BCUT2D eigenvalue weighted by atomic mass is 35.5. The first-order chi connectivity index (χ1) is 7.13. The minimum atomic E-state index is -0.601. The van der Waals surface area contributed by atoms with Gasteiger partial charge in [-0.05, 0) is 24.6 Å². The summed E-state index contributed by atoms with van der Waals surface area (Å²) in [6.07, 6.45) is -0.601. The molecule has 1 N–H and O–H groups in total. The van der Waals surface area contributed by atoms with E-state index in [1.807, 2.05) is 12.1 Å². The maximum Gasteiger partial charge on any atom is 0.427 e. The largest absolute Gasteiger partial charge is 0.452 e. The Bertz CT molecular complexity index is 391. The zero-order valence-electron chi connectivity index (χ0n) is 8.45. The van der Waals surface area contributed by atoms with Crippen molar-refractivity contribution in [2.24, 2.45) is 5.10 Å². The van der Waals surface area contributed by atoms with Crippen LogP contribution < -0.4 is 5.43 Å². The lowest BCUT2D eigenvalue weighted by molar-refractivity contribution is 0.171. The lowest BCUT2D eigenvalue weighted by Crippen LogP contribution is -2.18. The van der Waals surface area contributed by atoms with E-state index in [1.54, 1.807) is 19.1 Å². The fraction of sp³-hybridized carbons (Fsp3) is 0.200. The Morgan fingerprint density at radius 1 is 1.53 bits per heavy atom. The van der Waals surface area contributed by atoms with E-state index in [0.29, 0.717) is 10.7 Å². The van der Waals surface area contributed by atoms with Crippen molar-refractivity contribution in [3.8, 4) is 0 Å². The van der Waals surface area contributed by atoms with E-state index >= 15 is 0 Å². The Kier molecular flexibility index (Phi) is 4.12. The van der Waals surface area contributed by atoms with Crippen LogP contribution in [0.15, 0.2) is 29.4 Å². The van der Waals surface area contributed by atoms with Gasteiger partial charge in [0.2, 0.25) is 0 Å². The summed E-state index contributed by atoms with van der Waals surface area (Å²) < 4.78 is 4.38. The number of hydrogen-bond acceptors (Lipinski definition) is 3. The van der Waals surface area contributed by atoms with Crippen molar-refractivity contribution in [2.45, 2.75) is 6.92 Å². The Morgan fingerprint density at radius 2 is 2.27 bits per heavy atom. The van der Waals surface area contributed by atoms with Gasteiger partial charge in [0, 0.05) is 5.02 Å². The molecule has 0 aliphatic carbocycles. The molecule has 0 fully saturated rings. The Morgan fingerprint density at radius 3 is 2.87 bits per heavy atom. The topological polar surface area (TPSA) is 50.7 Å². The number of hydrogen-bond donors (Lipinski definition) is 1. The summed E-state index contributed by atoms with van der Waals surface area (Å²) in [5, 5.41) is 4.46. The molecular formula is C10H11ClN2O2. The van der Waals surface area contributed by atoms with Crippen molar-refractivity contribution < 1.29 is 9.53 Å². The fourth-order valence-corrected chi connectivity index (χ4v) is 1.14. The number of carbonyl (C=O) groups excluding carboxylic acids is 1. The molecular weight excluding hydrogens is 216 g/mol. The molecule has 4 nitrogen and oxygen atoms in total. The number of methoxy groups -OCH3 is 1. The van der Waals surface area contributed by atoms with Crippen molar-refractivity contribution >= 4 is 23.4 Å². The van der Waals surface area contributed by atoms with Gasteiger partial charge < -0.3 is 4.74 Å². The minimum Gasteiger partial charge on any atom is -0.452 e. The van der Waals surface area contributed by atoms with Crippen LogP contribution in [0.3, 0.4) is 0 Å². The predicted octanol–water partition coefficient (Wildman–Crippen LogP) is 2.42. The number of amides is 1. The van der Waals surface area contributed by atoms with Gasteiger partial charge in [0.1, 0.15) is 0 Å². The van der Waals surface area contributed by atoms with Crippen LogP contribution in [0.4, 0.5) is 4.79 Å². The number of hydrazone groups is 1. The number of benzene rings is 1. The Hall–Kier alpha value is -1.55. The molecule has 1 aromatic carbocycles. The molecule has 0 radical (unpaired) electrons. The van der Waals surface area contributed by atoms with E-state index in [0.717, 1.165) is 5.56 Å². The SMILES string of the molecule is COC(=O)N/N=C(/C)c1cccc(Cl)c1. The molecule has 0 saturated heterocycles. The van der Waals surface area contributed by atoms with Crippen LogP contribution in [0.5, 0.6) is 0 Å². The molecule has 0 aliphatic rings. The summed E-state index contributed by atoms with van der Waals surface area (Å²) in [5.41, 5.74) is 3.74. The van der Waals surface area contributed by atoms with Gasteiger partial charge in [-0.25, -0.2) is 10.2 Å². The molecule has 0 aromatic heterocycles.